The van der Waals surface area contributed by atoms with Crippen molar-refractivity contribution in [3.05, 3.63) is 22.9 Å². The second-order valence-electron chi connectivity index (χ2n) is 2.64. The van der Waals surface area contributed by atoms with Crippen LogP contribution >= 0.6 is 0 Å². The van der Waals surface area contributed by atoms with Gasteiger partial charge in [0.05, 0.1) is 19.8 Å². The molecule has 0 aliphatic carbocycles. The minimum atomic E-state index is -0.200. The molecule has 1 fully saturated rings. The van der Waals surface area contributed by atoms with Gasteiger partial charge in [0, 0.05) is 6.61 Å². The summed E-state index contributed by atoms with van der Waals surface area (Å²) in [5.41, 5.74) is -0.00519. The van der Waals surface area contributed by atoms with E-state index >= 15 is 0 Å². The summed E-state index contributed by atoms with van der Waals surface area (Å²) in [5, 5.41) is 8.63. The maximum Gasteiger partial charge on any atom is 0.301 e. The summed E-state index contributed by atoms with van der Waals surface area (Å²) in [5.74, 6) is 0.370. The van der Waals surface area contributed by atoms with Crippen LogP contribution in [0, 0.1) is 17.9 Å². The molecule has 0 bridgehead atoms. The van der Waals surface area contributed by atoms with Crippen LogP contribution in [0.5, 0.6) is 0 Å². The molecule has 68 valence electrons. The van der Waals surface area contributed by atoms with Gasteiger partial charge in [0.15, 0.2) is 0 Å². The molecule has 0 spiro atoms. The fourth-order valence-corrected chi connectivity index (χ4v) is 1.30. The van der Waals surface area contributed by atoms with E-state index in [1.165, 1.54) is 7.11 Å². The molecule has 4 nitrogen and oxygen atoms in total. The van der Waals surface area contributed by atoms with Crippen molar-refractivity contribution in [2.75, 3.05) is 13.7 Å². The van der Waals surface area contributed by atoms with Crippen LogP contribution in [0.1, 0.15) is 12.8 Å². The van der Waals surface area contributed by atoms with Crippen molar-refractivity contribution >= 4 is 0 Å². The molecule has 0 N–H and O–H groups in total. The SMILES string of the molecule is [C-]#[N+]/C(C#N)=C(/OC)C1CCCO1. The molecule has 0 aromatic carbocycles. The van der Waals surface area contributed by atoms with Gasteiger partial charge in [-0.25, -0.2) is 10.1 Å². The van der Waals surface area contributed by atoms with Gasteiger partial charge >= 0.3 is 5.70 Å². The molecule has 4 heteroatoms. The van der Waals surface area contributed by atoms with Crippen LogP contribution < -0.4 is 0 Å². The normalized spacial score (nSPS) is 22.8. The maximum atomic E-state index is 8.63. The second kappa shape index (κ2) is 4.49. The van der Waals surface area contributed by atoms with Gasteiger partial charge in [0.1, 0.15) is 11.9 Å². The molecule has 13 heavy (non-hydrogen) atoms. The molecule has 0 aromatic rings. The zero-order chi connectivity index (χ0) is 9.68. The highest BCUT2D eigenvalue weighted by Gasteiger charge is 2.24. The summed E-state index contributed by atoms with van der Waals surface area (Å²) < 4.78 is 10.3. The van der Waals surface area contributed by atoms with Crippen LogP contribution in [0.25, 0.3) is 4.85 Å². The molecule has 1 aliphatic rings. The summed E-state index contributed by atoms with van der Waals surface area (Å²) in [7, 11) is 1.46. The van der Waals surface area contributed by atoms with Crippen molar-refractivity contribution in [1.82, 2.24) is 0 Å². The van der Waals surface area contributed by atoms with E-state index in [2.05, 4.69) is 4.85 Å². The standard InChI is InChI=1S/C9H10N2O2/c1-11-7(6-10)9(12-2)8-4-3-5-13-8/h8H,3-5H2,2H3/b9-7+. The number of nitrogens with zero attached hydrogens (tertiary/aromatic N) is 2. The molecule has 1 rings (SSSR count). The highest BCUT2D eigenvalue weighted by molar-refractivity contribution is 5.32. The van der Waals surface area contributed by atoms with Crippen molar-refractivity contribution in [2.24, 2.45) is 0 Å². The Labute approximate surface area is 77.2 Å². The summed E-state index contributed by atoms with van der Waals surface area (Å²) in [6.45, 7) is 7.44. The molecular weight excluding hydrogens is 168 g/mol. The number of hydrogen-bond acceptors (Lipinski definition) is 3. The van der Waals surface area contributed by atoms with Crippen LogP contribution in [0.15, 0.2) is 11.5 Å². The zero-order valence-electron chi connectivity index (χ0n) is 7.41. The first-order valence-electron chi connectivity index (χ1n) is 4.00. The van der Waals surface area contributed by atoms with Crippen molar-refractivity contribution in [3.8, 4) is 6.07 Å². The number of nitriles is 1. The lowest BCUT2D eigenvalue weighted by Gasteiger charge is -2.12. The summed E-state index contributed by atoms with van der Waals surface area (Å²) >= 11 is 0. The Bertz CT molecular complexity index is 274. The number of rotatable bonds is 2. The first kappa shape index (κ1) is 9.57. The fraction of sp³-hybridized carbons (Fsp3) is 0.556. The summed E-state index contributed by atoms with van der Waals surface area (Å²) in [6, 6.07) is 1.80. The minimum Gasteiger partial charge on any atom is -0.508 e. The molecule has 0 amide bonds. The quantitative estimate of drug-likeness (QED) is 0.365. The first-order chi connectivity index (χ1) is 6.33. The van der Waals surface area contributed by atoms with Gasteiger partial charge in [-0.3, -0.25) is 0 Å². The van der Waals surface area contributed by atoms with Gasteiger partial charge < -0.3 is 9.47 Å². The van der Waals surface area contributed by atoms with Crippen molar-refractivity contribution in [2.45, 2.75) is 18.9 Å². The summed E-state index contributed by atoms with van der Waals surface area (Å²) in [4.78, 5) is 3.09. The van der Waals surface area contributed by atoms with Crippen molar-refractivity contribution in [3.63, 3.8) is 0 Å². The summed E-state index contributed by atoms with van der Waals surface area (Å²) in [6.07, 6.45) is 1.58. The first-order valence-corrected chi connectivity index (χ1v) is 4.00. The van der Waals surface area contributed by atoms with Crippen molar-refractivity contribution < 1.29 is 9.47 Å². The molecule has 1 aliphatic heterocycles. The number of allylic oxidation sites excluding steroid dienone is 1. The Balaban J connectivity index is 2.89. The molecule has 0 radical (unpaired) electrons. The third-order valence-electron chi connectivity index (χ3n) is 1.89. The Hall–Kier alpha value is -1.52. The molecule has 0 aromatic heterocycles. The van der Waals surface area contributed by atoms with Gasteiger partial charge in [0.2, 0.25) is 0 Å². The monoisotopic (exact) mass is 178 g/mol. The topological polar surface area (TPSA) is 46.6 Å². The molecule has 1 saturated heterocycles. The smallest absolute Gasteiger partial charge is 0.301 e. The highest BCUT2D eigenvalue weighted by atomic mass is 16.5. The van der Waals surface area contributed by atoms with Gasteiger partial charge in [0.25, 0.3) is 0 Å². The molecule has 0 saturated carbocycles. The zero-order valence-corrected chi connectivity index (χ0v) is 7.41. The van der Waals surface area contributed by atoms with E-state index in [-0.39, 0.29) is 11.8 Å². The van der Waals surface area contributed by atoms with Gasteiger partial charge in [-0.1, -0.05) is 0 Å². The lowest BCUT2D eigenvalue weighted by Crippen LogP contribution is -2.12. The lowest BCUT2D eigenvalue weighted by molar-refractivity contribution is 0.0862. The van der Waals surface area contributed by atoms with Crippen LogP contribution in [-0.4, -0.2) is 19.8 Å². The fourth-order valence-electron chi connectivity index (χ4n) is 1.30. The third kappa shape index (κ3) is 1.99. The molecule has 1 heterocycles. The van der Waals surface area contributed by atoms with E-state index in [1.54, 1.807) is 6.07 Å². The Morgan fingerprint density at radius 1 is 1.77 bits per heavy atom. The van der Waals surface area contributed by atoms with E-state index in [0.29, 0.717) is 12.4 Å². The predicted molar refractivity (Wildman–Crippen MR) is 45.2 cm³/mol. The van der Waals surface area contributed by atoms with Gasteiger partial charge in [-0.05, 0) is 12.8 Å². The molecule has 1 unspecified atom stereocenters. The van der Waals surface area contributed by atoms with Crippen LogP contribution in [0.2, 0.25) is 0 Å². The average Bonchev–Trinajstić information content (AvgIpc) is 2.66. The largest absolute Gasteiger partial charge is 0.508 e. The van der Waals surface area contributed by atoms with Crippen LogP contribution in [0.3, 0.4) is 0 Å². The lowest BCUT2D eigenvalue weighted by atomic mass is 10.2. The average molecular weight is 178 g/mol. The molecule has 1 atom stereocenters. The third-order valence-corrected chi connectivity index (χ3v) is 1.89. The molecular formula is C9H10N2O2. The van der Waals surface area contributed by atoms with Gasteiger partial charge in [-0.15, -0.1) is 0 Å². The van der Waals surface area contributed by atoms with Crippen LogP contribution in [0.4, 0.5) is 0 Å². The number of methoxy groups -OCH3 is 1. The van der Waals surface area contributed by atoms with E-state index < -0.39 is 0 Å². The van der Waals surface area contributed by atoms with Gasteiger partial charge in [-0.2, -0.15) is 0 Å². The minimum absolute atomic E-state index is 0.00519. The van der Waals surface area contributed by atoms with Crippen molar-refractivity contribution in [1.29, 1.82) is 5.26 Å². The van der Waals surface area contributed by atoms with E-state index in [0.717, 1.165) is 12.8 Å². The Morgan fingerprint density at radius 2 is 2.54 bits per heavy atom. The Morgan fingerprint density at radius 3 is 2.92 bits per heavy atom. The van der Waals surface area contributed by atoms with E-state index in [1.807, 2.05) is 0 Å². The Kier molecular flexibility index (Phi) is 3.31. The predicted octanol–water partition coefficient (Wildman–Crippen LogP) is 1.47. The number of hydrogen-bond donors (Lipinski definition) is 0. The van der Waals surface area contributed by atoms with E-state index in [9.17, 15) is 0 Å². The van der Waals surface area contributed by atoms with Crippen LogP contribution in [-0.2, 0) is 9.47 Å². The van der Waals surface area contributed by atoms with E-state index in [4.69, 9.17) is 21.3 Å². The second-order valence-corrected chi connectivity index (χ2v) is 2.64. The number of ether oxygens (including phenoxy) is 2. The highest BCUT2D eigenvalue weighted by Crippen LogP contribution is 2.23. The maximum absolute atomic E-state index is 8.63.